The van der Waals surface area contributed by atoms with Gasteiger partial charge in [-0.25, -0.2) is 8.42 Å². The lowest BCUT2D eigenvalue weighted by molar-refractivity contribution is -0.143. The fourth-order valence-electron chi connectivity index (χ4n) is 1.81. The van der Waals surface area contributed by atoms with Gasteiger partial charge in [-0.15, -0.1) is 0 Å². The Labute approximate surface area is 134 Å². The number of hydrogen-bond acceptors (Lipinski definition) is 5. The van der Waals surface area contributed by atoms with Crippen molar-refractivity contribution in [1.82, 2.24) is 4.72 Å². The van der Waals surface area contributed by atoms with Gasteiger partial charge >= 0.3 is 5.97 Å². The lowest BCUT2D eigenvalue weighted by Gasteiger charge is -2.08. The van der Waals surface area contributed by atoms with Gasteiger partial charge in [-0.05, 0) is 17.7 Å². The Morgan fingerprint density at radius 3 is 2.43 bits per heavy atom. The van der Waals surface area contributed by atoms with Crippen LogP contribution in [-0.2, 0) is 26.2 Å². The van der Waals surface area contributed by atoms with Crippen molar-refractivity contribution in [3.63, 3.8) is 0 Å². The van der Waals surface area contributed by atoms with Crippen LogP contribution in [0.5, 0.6) is 0 Å². The van der Waals surface area contributed by atoms with Crippen LogP contribution < -0.4 is 4.72 Å². The van der Waals surface area contributed by atoms with Crippen molar-refractivity contribution in [3.8, 4) is 6.07 Å². The third kappa shape index (κ3) is 4.64. The van der Waals surface area contributed by atoms with Crippen LogP contribution in [0.25, 0.3) is 0 Å². The van der Waals surface area contributed by atoms with E-state index in [4.69, 9.17) is 10.00 Å². The number of carbonyl (C=O) groups is 1. The summed E-state index contributed by atoms with van der Waals surface area (Å²) in [7, 11) is -3.95. The van der Waals surface area contributed by atoms with Crippen molar-refractivity contribution in [1.29, 1.82) is 5.26 Å². The predicted octanol–water partition coefficient (Wildman–Crippen LogP) is 1.58. The fourth-order valence-corrected chi connectivity index (χ4v) is 2.94. The van der Waals surface area contributed by atoms with Gasteiger partial charge in [0, 0.05) is 0 Å². The summed E-state index contributed by atoms with van der Waals surface area (Å²) >= 11 is 0. The van der Waals surface area contributed by atoms with Gasteiger partial charge in [0.2, 0.25) is 10.0 Å². The standard InChI is InChI=1S/C16H14N2O4S/c17-10-14-8-4-5-9-15(14)23(20,21)18-11-16(19)22-12-13-6-2-1-3-7-13/h1-9,18H,11-12H2. The number of hydrogen-bond donors (Lipinski definition) is 1. The van der Waals surface area contributed by atoms with E-state index in [1.165, 1.54) is 18.2 Å². The second-order valence-electron chi connectivity index (χ2n) is 4.58. The first kappa shape index (κ1) is 16.7. The summed E-state index contributed by atoms with van der Waals surface area (Å²) in [6.45, 7) is -0.439. The molecule has 0 aliphatic heterocycles. The van der Waals surface area contributed by atoms with Gasteiger partial charge in [-0.1, -0.05) is 42.5 Å². The van der Waals surface area contributed by atoms with Crippen molar-refractivity contribution in [3.05, 3.63) is 65.7 Å². The molecule has 0 heterocycles. The van der Waals surface area contributed by atoms with Gasteiger partial charge < -0.3 is 4.74 Å². The van der Waals surface area contributed by atoms with E-state index in [0.717, 1.165) is 5.56 Å². The summed E-state index contributed by atoms with van der Waals surface area (Å²) in [6.07, 6.45) is 0. The van der Waals surface area contributed by atoms with E-state index in [1.54, 1.807) is 24.3 Å². The molecule has 0 aliphatic rings. The Morgan fingerprint density at radius 2 is 1.74 bits per heavy atom. The zero-order chi connectivity index (χ0) is 16.7. The number of nitrogens with zero attached hydrogens (tertiary/aromatic N) is 1. The van der Waals surface area contributed by atoms with E-state index in [0.29, 0.717) is 0 Å². The molecule has 7 heteroatoms. The number of rotatable bonds is 6. The molecular formula is C16H14N2O4S. The summed E-state index contributed by atoms with van der Waals surface area (Å²) < 4.78 is 31.4. The number of benzene rings is 2. The van der Waals surface area contributed by atoms with Gasteiger partial charge in [0.25, 0.3) is 0 Å². The van der Waals surface area contributed by atoms with Gasteiger partial charge in [0.1, 0.15) is 19.2 Å². The van der Waals surface area contributed by atoms with E-state index in [2.05, 4.69) is 4.72 Å². The van der Waals surface area contributed by atoms with E-state index in [-0.39, 0.29) is 17.1 Å². The third-order valence-electron chi connectivity index (χ3n) is 2.95. The Morgan fingerprint density at radius 1 is 1.09 bits per heavy atom. The van der Waals surface area contributed by atoms with E-state index < -0.39 is 22.5 Å². The minimum Gasteiger partial charge on any atom is -0.460 e. The smallest absolute Gasteiger partial charge is 0.321 e. The summed E-state index contributed by atoms with van der Waals surface area (Å²) in [4.78, 5) is 11.5. The number of ether oxygens (including phenoxy) is 1. The van der Waals surface area contributed by atoms with Gasteiger partial charge in [-0.2, -0.15) is 9.98 Å². The molecule has 1 N–H and O–H groups in total. The minimum absolute atomic E-state index is 0.0117. The molecule has 23 heavy (non-hydrogen) atoms. The van der Waals surface area contributed by atoms with Crippen LogP contribution in [0.4, 0.5) is 0 Å². The molecule has 0 unspecified atom stereocenters. The molecule has 2 aromatic carbocycles. The number of carbonyl (C=O) groups excluding carboxylic acids is 1. The quantitative estimate of drug-likeness (QED) is 0.811. The molecule has 6 nitrogen and oxygen atoms in total. The second-order valence-corrected chi connectivity index (χ2v) is 6.31. The third-order valence-corrected chi connectivity index (χ3v) is 4.41. The first-order chi connectivity index (χ1) is 11.0. The molecule has 118 valence electrons. The molecule has 0 radical (unpaired) electrons. The summed E-state index contributed by atoms with van der Waals surface area (Å²) in [5.41, 5.74) is 0.816. The number of sulfonamides is 1. The Hall–Kier alpha value is -2.69. The van der Waals surface area contributed by atoms with E-state index in [9.17, 15) is 13.2 Å². The molecule has 0 fully saturated rings. The molecule has 0 bridgehead atoms. The molecule has 0 atom stereocenters. The average molecular weight is 330 g/mol. The molecule has 0 spiro atoms. The topological polar surface area (TPSA) is 96.3 Å². The Balaban J connectivity index is 1.94. The van der Waals surface area contributed by atoms with Gasteiger partial charge in [-0.3, -0.25) is 4.79 Å². The number of nitriles is 1. The first-order valence-corrected chi connectivity index (χ1v) is 8.19. The normalized spacial score (nSPS) is 10.7. The van der Waals surface area contributed by atoms with E-state index >= 15 is 0 Å². The summed E-state index contributed by atoms with van der Waals surface area (Å²) in [5, 5.41) is 8.94. The molecule has 0 amide bonds. The van der Waals surface area contributed by atoms with Crippen molar-refractivity contribution < 1.29 is 17.9 Å². The Bertz CT molecular complexity index is 827. The Kier molecular flexibility index (Phi) is 5.46. The largest absolute Gasteiger partial charge is 0.460 e. The van der Waals surface area contributed by atoms with Gasteiger partial charge in [0.05, 0.1) is 10.5 Å². The minimum atomic E-state index is -3.95. The van der Waals surface area contributed by atoms with Crippen LogP contribution in [0.3, 0.4) is 0 Å². The van der Waals surface area contributed by atoms with Gasteiger partial charge in [0.15, 0.2) is 0 Å². The number of nitrogens with one attached hydrogen (secondary N) is 1. The SMILES string of the molecule is N#Cc1ccccc1S(=O)(=O)NCC(=O)OCc1ccccc1. The molecule has 0 saturated heterocycles. The highest BCUT2D eigenvalue weighted by molar-refractivity contribution is 7.89. The predicted molar refractivity (Wildman–Crippen MR) is 82.6 cm³/mol. The van der Waals surface area contributed by atoms with Crippen LogP contribution >= 0.6 is 0 Å². The van der Waals surface area contributed by atoms with Crippen LogP contribution in [-0.4, -0.2) is 20.9 Å². The van der Waals surface area contributed by atoms with Crippen molar-refractivity contribution >= 4 is 16.0 Å². The number of esters is 1. The van der Waals surface area contributed by atoms with Crippen molar-refractivity contribution in [2.45, 2.75) is 11.5 Å². The van der Waals surface area contributed by atoms with Crippen LogP contribution in [0.1, 0.15) is 11.1 Å². The van der Waals surface area contributed by atoms with Crippen LogP contribution in [0.2, 0.25) is 0 Å². The molecule has 2 rings (SSSR count). The molecule has 0 aliphatic carbocycles. The average Bonchev–Trinajstić information content (AvgIpc) is 2.59. The summed E-state index contributed by atoms with van der Waals surface area (Å²) in [5.74, 6) is -0.702. The van der Waals surface area contributed by atoms with Crippen LogP contribution in [0.15, 0.2) is 59.5 Å². The highest BCUT2D eigenvalue weighted by atomic mass is 32.2. The van der Waals surface area contributed by atoms with Crippen molar-refractivity contribution in [2.24, 2.45) is 0 Å². The zero-order valence-corrected chi connectivity index (χ0v) is 12.9. The highest BCUT2D eigenvalue weighted by Gasteiger charge is 2.19. The molecule has 0 saturated carbocycles. The first-order valence-electron chi connectivity index (χ1n) is 6.71. The second kappa shape index (κ2) is 7.54. The maximum atomic E-state index is 12.1. The van der Waals surface area contributed by atoms with Crippen molar-refractivity contribution in [2.75, 3.05) is 6.54 Å². The summed E-state index contributed by atoms with van der Waals surface area (Å²) in [6, 6.07) is 16.6. The lowest BCUT2D eigenvalue weighted by atomic mass is 10.2. The fraction of sp³-hybridized carbons (Fsp3) is 0.125. The molecule has 0 aromatic heterocycles. The molecular weight excluding hydrogens is 316 g/mol. The lowest BCUT2D eigenvalue weighted by Crippen LogP contribution is -2.31. The monoisotopic (exact) mass is 330 g/mol. The zero-order valence-electron chi connectivity index (χ0n) is 12.1. The van der Waals surface area contributed by atoms with Crippen LogP contribution in [0, 0.1) is 11.3 Å². The maximum absolute atomic E-state index is 12.1. The highest BCUT2D eigenvalue weighted by Crippen LogP contribution is 2.13. The maximum Gasteiger partial charge on any atom is 0.321 e. The van der Waals surface area contributed by atoms with E-state index in [1.807, 2.05) is 18.2 Å². The molecule has 2 aromatic rings.